The van der Waals surface area contributed by atoms with E-state index in [1.165, 1.54) is 17.1 Å². The van der Waals surface area contributed by atoms with Crippen molar-refractivity contribution in [2.75, 3.05) is 17.9 Å². The van der Waals surface area contributed by atoms with Crippen LogP contribution in [-0.2, 0) is 31.7 Å². The first kappa shape index (κ1) is 29.1. The van der Waals surface area contributed by atoms with Crippen LogP contribution in [0.2, 0.25) is 0 Å². The third-order valence-corrected chi connectivity index (χ3v) is 7.63. The van der Waals surface area contributed by atoms with Crippen LogP contribution < -0.4 is 9.75 Å². The Balaban J connectivity index is 1.39. The van der Waals surface area contributed by atoms with Crippen LogP contribution in [0.1, 0.15) is 63.5 Å². The average Bonchev–Trinajstić information content (AvgIpc) is 3.45. The molecule has 11 heteroatoms. The topological polar surface area (TPSA) is 85.3 Å². The van der Waals surface area contributed by atoms with Crippen LogP contribution in [0.3, 0.4) is 0 Å². The maximum atomic E-state index is 13.4. The van der Waals surface area contributed by atoms with Crippen molar-refractivity contribution in [1.29, 1.82) is 0 Å². The maximum absolute atomic E-state index is 13.4. The minimum atomic E-state index is -4.44. The molecule has 1 amide bonds. The zero-order chi connectivity index (χ0) is 28.5. The molecule has 0 saturated heterocycles. The fourth-order valence-corrected chi connectivity index (χ4v) is 5.60. The van der Waals surface area contributed by atoms with Crippen LogP contribution in [0.4, 0.5) is 18.9 Å². The minimum absolute atomic E-state index is 0.111. The van der Waals surface area contributed by atoms with Crippen molar-refractivity contribution in [1.82, 2.24) is 0 Å². The zero-order valence-corrected chi connectivity index (χ0v) is 23.1. The fraction of sp³-hybridized carbons (Fsp3) is 0.500. The summed E-state index contributed by atoms with van der Waals surface area (Å²) in [6, 6.07) is 12.1. The number of amides is 1. The molecule has 1 aliphatic carbocycles. The standard InChI is InChI=1S/C28H33F3N2O5S/c1-26(2,19-37-39(3,35)36)38-23-15-9-20(10-16-23)7-6-8-24-27(17-4-5-18-27)25(34)33(32-24)22-13-11-21(12-14-22)28(29,30)31/h9-16H,4-8,17-19H2,1-3H3. The lowest BCUT2D eigenvalue weighted by Gasteiger charge is -2.25. The van der Waals surface area contributed by atoms with Crippen LogP contribution >= 0.6 is 0 Å². The van der Waals surface area contributed by atoms with Crippen molar-refractivity contribution in [2.24, 2.45) is 10.5 Å². The van der Waals surface area contributed by atoms with Crippen molar-refractivity contribution in [3.63, 3.8) is 0 Å². The summed E-state index contributed by atoms with van der Waals surface area (Å²) in [5, 5.41) is 5.91. The fourth-order valence-electron chi connectivity index (χ4n) is 5.11. The number of alkyl halides is 3. The van der Waals surface area contributed by atoms with Crippen molar-refractivity contribution in [3.05, 3.63) is 59.7 Å². The Morgan fingerprint density at radius 3 is 2.15 bits per heavy atom. The summed E-state index contributed by atoms with van der Waals surface area (Å²) in [5.74, 6) is 0.433. The smallest absolute Gasteiger partial charge is 0.416 e. The number of hydrogen-bond acceptors (Lipinski definition) is 6. The summed E-state index contributed by atoms with van der Waals surface area (Å²) >= 11 is 0. The van der Waals surface area contributed by atoms with Gasteiger partial charge >= 0.3 is 6.18 Å². The van der Waals surface area contributed by atoms with Gasteiger partial charge in [0.05, 0.1) is 28.6 Å². The van der Waals surface area contributed by atoms with Crippen LogP contribution in [0.15, 0.2) is 53.6 Å². The van der Waals surface area contributed by atoms with E-state index >= 15 is 0 Å². The van der Waals surface area contributed by atoms with Crippen LogP contribution in [0.5, 0.6) is 5.75 Å². The van der Waals surface area contributed by atoms with Gasteiger partial charge in [-0.05, 0) is 87.9 Å². The lowest BCUT2D eigenvalue weighted by atomic mass is 9.78. The van der Waals surface area contributed by atoms with E-state index in [0.29, 0.717) is 30.7 Å². The molecule has 0 N–H and O–H groups in total. The molecule has 1 fully saturated rings. The van der Waals surface area contributed by atoms with Gasteiger partial charge in [-0.3, -0.25) is 8.98 Å². The molecule has 39 heavy (non-hydrogen) atoms. The number of rotatable bonds is 10. The Hall–Kier alpha value is -2.92. The summed E-state index contributed by atoms with van der Waals surface area (Å²) in [4.78, 5) is 13.4. The molecule has 1 spiro atoms. The molecule has 0 bridgehead atoms. The second-order valence-corrected chi connectivity index (χ2v) is 12.5. The van der Waals surface area contributed by atoms with E-state index in [-0.39, 0.29) is 12.5 Å². The number of aryl methyl sites for hydroxylation is 1. The lowest BCUT2D eigenvalue weighted by Crippen LogP contribution is -2.37. The highest BCUT2D eigenvalue weighted by Gasteiger charge is 2.52. The van der Waals surface area contributed by atoms with E-state index in [9.17, 15) is 26.4 Å². The van der Waals surface area contributed by atoms with Crippen molar-refractivity contribution in [2.45, 2.75) is 70.6 Å². The van der Waals surface area contributed by atoms with Gasteiger partial charge in [-0.1, -0.05) is 25.0 Å². The molecule has 2 aromatic rings. The van der Waals surface area contributed by atoms with Crippen LogP contribution in [0, 0.1) is 5.41 Å². The number of halogens is 3. The van der Waals surface area contributed by atoms with Crippen molar-refractivity contribution in [3.8, 4) is 5.75 Å². The summed E-state index contributed by atoms with van der Waals surface area (Å²) in [5.41, 5.74) is -0.0589. The van der Waals surface area contributed by atoms with Gasteiger partial charge in [-0.2, -0.15) is 31.7 Å². The third kappa shape index (κ3) is 7.00. The highest BCUT2D eigenvalue weighted by Crippen LogP contribution is 2.47. The van der Waals surface area contributed by atoms with E-state index in [2.05, 4.69) is 5.10 Å². The first-order valence-electron chi connectivity index (χ1n) is 12.9. The van der Waals surface area contributed by atoms with E-state index < -0.39 is 32.9 Å². The Labute approximate surface area is 227 Å². The third-order valence-electron chi connectivity index (χ3n) is 7.09. The molecule has 0 aromatic heterocycles. The molecular weight excluding hydrogens is 533 g/mol. The Morgan fingerprint density at radius 1 is 0.974 bits per heavy atom. The Morgan fingerprint density at radius 2 is 1.59 bits per heavy atom. The molecule has 1 aliphatic heterocycles. The SMILES string of the molecule is CC(C)(COS(C)(=O)=O)Oc1ccc(CCCC2=NN(c3ccc(C(F)(F)F)cc3)C(=O)C23CCCC3)cc1. The molecule has 2 aliphatic rings. The Bertz CT molecular complexity index is 1310. The van der Waals surface area contributed by atoms with Gasteiger partial charge < -0.3 is 4.74 Å². The molecule has 1 saturated carbocycles. The summed E-state index contributed by atoms with van der Waals surface area (Å²) < 4.78 is 72.2. The van der Waals surface area contributed by atoms with E-state index in [1.807, 2.05) is 24.3 Å². The zero-order valence-electron chi connectivity index (χ0n) is 22.3. The average molecular weight is 567 g/mol. The number of anilines is 1. The molecule has 212 valence electrons. The first-order valence-corrected chi connectivity index (χ1v) is 14.7. The monoisotopic (exact) mass is 566 g/mol. The van der Waals surface area contributed by atoms with Gasteiger partial charge in [-0.25, -0.2) is 0 Å². The normalized spacial score (nSPS) is 17.6. The van der Waals surface area contributed by atoms with Crippen molar-refractivity contribution < 1.29 is 35.3 Å². The second kappa shape index (κ2) is 10.9. The van der Waals surface area contributed by atoms with Crippen LogP contribution in [0.25, 0.3) is 0 Å². The molecule has 0 radical (unpaired) electrons. The molecule has 7 nitrogen and oxygen atoms in total. The summed E-state index contributed by atoms with van der Waals surface area (Å²) in [7, 11) is -3.57. The lowest BCUT2D eigenvalue weighted by molar-refractivity contribution is -0.137. The van der Waals surface area contributed by atoms with Gasteiger partial charge in [-0.15, -0.1) is 0 Å². The minimum Gasteiger partial charge on any atom is -0.485 e. The number of nitrogens with zero attached hydrogens (tertiary/aromatic N) is 2. The number of ether oxygens (including phenoxy) is 1. The van der Waals surface area contributed by atoms with Gasteiger partial charge in [0.2, 0.25) is 0 Å². The molecular formula is C28H33F3N2O5S. The van der Waals surface area contributed by atoms with Gasteiger partial charge in [0.15, 0.2) is 0 Å². The van der Waals surface area contributed by atoms with E-state index in [0.717, 1.165) is 55.3 Å². The number of benzene rings is 2. The molecule has 1 heterocycles. The second-order valence-electron chi connectivity index (χ2n) is 10.8. The molecule has 0 unspecified atom stereocenters. The van der Waals surface area contributed by atoms with E-state index in [1.54, 1.807) is 13.8 Å². The van der Waals surface area contributed by atoms with Crippen LogP contribution in [-0.4, -0.2) is 38.5 Å². The number of hydrogen-bond donors (Lipinski definition) is 0. The number of carbonyl (C=O) groups is 1. The molecule has 2 aromatic carbocycles. The summed E-state index contributed by atoms with van der Waals surface area (Å²) in [6.45, 7) is 3.37. The Kier molecular flexibility index (Phi) is 8.14. The highest BCUT2D eigenvalue weighted by atomic mass is 32.2. The quantitative estimate of drug-likeness (QED) is 0.323. The molecule has 4 rings (SSSR count). The predicted octanol–water partition coefficient (Wildman–Crippen LogP) is 6.12. The van der Waals surface area contributed by atoms with Crippen molar-refractivity contribution >= 4 is 27.4 Å². The van der Waals surface area contributed by atoms with Gasteiger partial charge in [0.1, 0.15) is 18.0 Å². The number of hydrazone groups is 1. The number of carbonyl (C=O) groups excluding carboxylic acids is 1. The predicted molar refractivity (Wildman–Crippen MR) is 142 cm³/mol. The molecule has 0 atom stereocenters. The van der Waals surface area contributed by atoms with Gasteiger partial charge in [0.25, 0.3) is 16.0 Å². The van der Waals surface area contributed by atoms with Gasteiger partial charge in [0, 0.05) is 0 Å². The largest absolute Gasteiger partial charge is 0.485 e. The van der Waals surface area contributed by atoms with E-state index in [4.69, 9.17) is 8.92 Å². The maximum Gasteiger partial charge on any atom is 0.416 e. The summed E-state index contributed by atoms with van der Waals surface area (Å²) in [6.07, 6.45) is 1.88. The highest BCUT2D eigenvalue weighted by molar-refractivity contribution is 7.85. The first-order chi connectivity index (χ1) is 18.2.